The molecular formula is C9H12ClNO2. The van der Waals surface area contributed by atoms with Gasteiger partial charge in [0.15, 0.2) is 6.29 Å². The molecule has 0 amide bonds. The van der Waals surface area contributed by atoms with Crippen LogP contribution >= 0.6 is 11.6 Å². The minimum Gasteiger partial charge on any atom is -0.400 e. The normalized spacial score (nSPS) is 8.69. The number of halogens is 1. The molecule has 0 aromatic carbocycles. The van der Waals surface area contributed by atoms with Crippen molar-refractivity contribution in [2.75, 3.05) is 7.11 Å². The third-order valence-corrected chi connectivity index (χ3v) is 1.88. The van der Waals surface area contributed by atoms with E-state index in [2.05, 4.69) is 4.98 Å². The summed E-state index contributed by atoms with van der Waals surface area (Å²) in [4.78, 5) is 14.3. The van der Waals surface area contributed by atoms with Crippen molar-refractivity contribution in [2.45, 2.75) is 13.8 Å². The van der Waals surface area contributed by atoms with Crippen molar-refractivity contribution in [1.82, 2.24) is 4.98 Å². The van der Waals surface area contributed by atoms with Crippen LogP contribution in [0.5, 0.6) is 0 Å². The maximum absolute atomic E-state index is 10.4. The highest BCUT2D eigenvalue weighted by Gasteiger charge is 2.02. The first-order valence-electron chi connectivity index (χ1n) is 3.69. The molecule has 13 heavy (non-hydrogen) atoms. The first kappa shape index (κ1) is 12.1. The number of aromatic nitrogens is 1. The molecule has 0 radical (unpaired) electrons. The number of carbonyl (C=O) groups excluding carboxylic acids is 1. The zero-order valence-electron chi connectivity index (χ0n) is 7.84. The number of aryl methyl sites for hydroxylation is 2. The molecule has 0 saturated carbocycles. The summed E-state index contributed by atoms with van der Waals surface area (Å²) in [6.45, 7) is 3.75. The van der Waals surface area contributed by atoms with Gasteiger partial charge in [-0.3, -0.25) is 4.79 Å². The molecule has 0 fully saturated rings. The lowest BCUT2D eigenvalue weighted by molar-refractivity contribution is 0.112. The van der Waals surface area contributed by atoms with Crippen molar-refractivity contribution in [3.8, 4) is 0 Å². The van der Waals surface area contributed by atoms with Crippen LogP contribution in [0.2, 0.25) is 5.15 Å². The van der Waals surface area contributed by atoms with E-state index in [1.54, 1.807) is 6.07 Å². The molecule has 0 atom stereocenters. The van der Waals surface area contributed by atoms with Gasteiger partial charge in [-0.25, -0.2) is 4.98 Å². The predicted molar refractivity (Wildman–Crippen MR) is 52.3 cm³/mol. The third kappa shape index (κ3) is 3.13. The molecule has 0 aliphatic heterocycles. The van der Waals surface area contributed by atoms with Gasteiger partial charge in [0.05, 0.1) is 5.56 Å². The van der Waals surface area contributed by atoms with Crippen LogP contribution in [0.1, 0.15) is 21.6 Å². The predicted octanol–water partition coefficient (Wildman–Crippen LogP) is 1.77. The van der Waals surface area contributed by atoms with E-state index in [0.29, 0.717) is 11.8 Å². The SMILES string of the molecule is CO.Cc1cc(C=O)c(Cl)nc1C. The number of carbonyl (C=O) groups is 1. The summed E-state index contributed by atoms with van der Waals surface area (Å²) in [5.74, 6) is 0. The van der Waals surface area contributed by atoms with Crippen LogP contribution in [0, 0.1) is 13.8 Å². The second-order valence-corrected chi connectivity index (χ2v) is 2.75. The first-order valence-corrected chi connectivity index (χ1v) is 4.06. The molecule has 0 spiro atoms. The Kier molecular flexibility index (Phi) is 5.26. The van der Waals surface area contributed by atoms with Gasteiger partial charge in [0.25, 0.3) is 0 Å². The van der Waals surface area contributed by atoms with Gasteiger partial charge >= 0.3 is 0 Å². The Morgan fingerprint density at radius 1 is 1.46 bits per heavy atom. The number of pyridine rings is 1. The van der Waals surface area contributed by atoms with Gasteiger partial charge in [-0.2, -0.15) is 0 Å². The van der Waals surface area contributed by atoms with Crippen molar-refractivity contribution in [2.24, 2.45) is 0 Å². The molecule has 0 unspecified atom stereocenters. The largest absolute Gasteiger partial charge is 0.400 e. The van der Waals surface area contributed by atoms with E-state index < -0.39 is 0 Å². The Bertz CT molecular complexity index is 300. The number of aldehydes is 1. The minimum absolute atomic E-state index is 0.281. The van der Waals surface area contributed by atoms with Crippen LogP contribution in [0.4, 0.5) is 0 Å². The number of aliphatic hydroxyl groups excluding tert-OH is 1. The Labute approximate surface area is 82.4 Å². The zero-order valence-corrected chi connectivity index (χ0v) is 8.59. The van der Waals surface area contributed by atoms with Gasteiger partial charge in [-0.15, -0.1) is 0 Å². The van der Waals surface area contributed by atoms with Crippen molar-refractivity contribution in [3.63, 3.8) is 0 Å². The lowest BCUT2D eigenvalue weighted by atomic mass is 10.2. The van der Waals surface area contributed by atoms with Gasteiger partial charge in [0, 0.05) is 12.8 Å². The summed E-state index contributed by atoms with van der Waals surface area (Å²) in [5.41, 5.74) is 2.30. The fourth-order valence-corrected chi connectivity index (χ4v) is 1.01. The highest BCUT2D eigenvalue weighted by molar-refractivity contribution is 6.31. The molecule has 72 valence electrons. The van der Waals surface area contributed by atoms with E-state index >= 15 is 0 Å². The number of hydrogen-bond acceptors (Lipinski definition) is 3. The van der Waals surface area contributed by atoms with Crippen LogP contribution in [-0.4, -0.2) is 23.5 Å². The van der Waals surface area contributed by atoms with Crippen molar-refractivity contribution in [3.05, 3.63) is 28.0 Å². The lowest BCUT2D eigenvalue weighted by Crippen LogP contribution is -1.92. The van der Waals surface area contributed by atoms with Crippen LogP contribution in [0.25, 0.3) is 0 Å². The maximum Gasteiger partial charge on any atom is 0.153 e. The van der Waals surface area contributed by atoms with Crippen molar-refractivity contribution in [1.29, 1.82) is 0 Å². The Balaban J connectivity index is 0.000000671. The average molecular weight is 202 g/mol. The smallest absolute Gasteiger partial charge is 0.153 e. The summed E-state index contributed by atoms with van der Waals surface area (Å²) in [5, 5.41) is 7.28. The topological polar surface area (TPSA) is 50.2 Å². The van der Waals surface area contributed by atoms with E-state index in [1.807, 2.05) is 13.8 Å². The van der Waals surface area contributed by atoms with E-state index in [-0.39, 0.29) is 5.15 Å². The third-order valence-electron chi connectivity index (χ3n) is 1.57. The molecular weight excluding hydrogens is 190 g/mol. The molecule has 3 nitrogen and oxygen atoms in total. The van der Waals surface area contributed by atoms with Gasteiger partial charge in [0.2, 0.25) is 0 Å². The monoisotopic (exact) mass is 201 g/mol. The lowest BCUT2D eigenvalue weighted by Gasteiger charge is -2.00. The van der Waals surface area contributed by atoms with Crippen molar-refractivity contribution < 1.29 is 9.90 Å². The molecule has 0 aliphatic rings. The summed E-state index contributed by atoms with van der Waals surface area (Å²) in [7, 11) is 1.00. The maximum atomic E-state index is 10.4. The number of aliphatic hydroxyl groups is 1. The van der Waals surface area contributed by atoms with Crippen molar-refractivity contribution >= 4 is 17.9 Å². The van der Waals surface area contributed by atoms with E-state index in [9.17, 15) is 4.79 Å². The summed E-state index contributed by atoms with van der Waals surface area (Å²) < 4.78 is 0. The standard InChI is InChI=1S/C8H8ClNO.CH4O/c1-5-3-7(4-11)8(9)10-6(5)2;1-2/h3-4H,1-2H3;2H,1H3. The fourth-order valence-electron chi connectivity index (χ4n) is 0.780. The quantitative estimate of drug-likeness (QED) is 0.557. The summed E-state index contributed by atoms with van der Waals surface area (Å²) in [6, 6.07) is 1.73. The second-order valence-electron chi connectivity index (χ2n) is 2.39. The van der Waals surface area contributed by atoms with Crippen LogP contribution in [0.3, 0.4) is 0 Å². The highest BCUT2D eigenvalue weighted by atomic mass is 35.5. The van der Waals surface area contributed by atoms with E-state index in [1.165, 1.54) is 0 Å². The van der Waals surface area contributed by atoms with Gasteiger partial charge in [-0.1, -0.05) is 11.6 Å². The Morgan fingerprint density at radius 3 is 2.46 bits per heavy atom. The van der Waals surface area contributed by atoms with Crippen LogP contribution < -0.4 is 0 Å². The first-order chi connectivity index (χ1) is 6.15. The zero-order chi connectivity index (χ0) is 10.4. The Hall–Kier alpha value is -0.930. The number of rotatable bonds is 1. The molecule has 1 N–H and O–H groups in total. The highest BCUT2D eigenvalue weighted by Crippen LogP contribution is 2.14. The molecule has 0 bridgehead atoms. The Morgan fingerprint density at radius 2 is 2.00 bits per heavy atom. The van der Waals surface area contributed by atoms with Crippen LogP contribution in [-0.2, 0) is 0 Å². The fraction of sp³-hybridized carbons (Fsp3) is 0.333. The molecule has 1 heterocycles. The second kappa shape index (κ2) is 5.67. The molecule has 1 aromatic rings. The van der Waals surface area contributed by atoms with Gasteiger partial charge in [-0.05, 0) is 25.5 Å². The summed E-state index contributed by atoms with van der Waals surface area (Å²) >= 11 is 5.66. The van der Waals surface area contributed by atoms with Gasteiger partial charge in [0.1, 0.15) is 5.15 Å². The summed E-state index contributed by atoms with van der Waals surface area (Å²) in [6.07, 6.45) is 0.710. The van der Waals surface area contributed by atoms with E-state index in [0.717, 1.165) is 18.4 Å². The van der Waals surface area contributed by atoms with Gasteiger partial charge < -0.3 is 5.11 Å². The molecule has 4 heteroatoms. The average Bonchev–Trinajstić information content (AvgIpc) is 2.15. The minimum atomic E-state index is 0.281. The number of nitrogens with zero attached hydrogens (tertiary/aromatic N) is 1. The number of hydrogen-bond donors (Lipinski definition) is 1. The van der Waals surface area contributed by atoms with Crippen LogP contribution in [0.15, 0.2) is 6.07 Å². The molecule has 0 aliphatic carbocycles. The molecule has 0 saturated heterocycles. The molecule has 1 aromatic heterocycles. The molecule has 1 rings (SSSR count). The van der Waals surface area contributed by atoms with E-state index in [4.69, 9.17) is 16.7 Å².